The summed E-state index contributed by atoms with van der Waals surface area (Å²) in [6, 6.07) is 15.6. The van der Waals surface area contributed by atoms with Gasteiger partial charge in [0.15, 0.2) is 0 Å². The first-order chi connectivity index (χ1) is 12.6. The molecule has 6 nitrogen and oxygen atoms in total. The first-order valence-corrected chi connectivity index (χ1v) is 8.34. The summed E-state index contributed by atoms with van der Waals surface area (Å²) in [6.07, 6.45) is 1.90. The summed E-state index contributed by atoms with van der Waals surface area (Å²) in [4.78, 5) is 12.4. The van der Waals surface area contributed by atoms with Crippen LogP contribution in [0.5, 0.6) is 0 Å². The molecule has 130 valence electrons. The van der Waals surface area contributed by atoms with Crippen molar-refractivity contribution in [2.24, 2.45) is 0 Å². The molecule has 4 aromatic rings. The molecule has 0 aliphatic heterocycles. The van der Waals surface area contributed by atoms with E-state index in [-0.39, 0.29) is 12.5 Å². The molecule has 0 saturated carbocycles. The predicted octanol–water partition coefficient (Wildman–Crippen LogP) is 3.95. The monoisotopic (exact) mass is 346 g/mol. The number of anilines is 1. The number of aromatic nitrogens is 3. The molecule has 0 fully saturated rings. The van der Waals surface area contributed by atoms with Gasteiger partial charge in [-0.25, -0.2) is 0 Å². The lowest BCUT2D eigenvalue weighted by atomic mass is 10.1. The highest BCUT2D eigenvalue weighted by Crippen LogP contribution is 2.24. The zero-order chi connectivity index (χ0) is 18.1. The fraction of sp³-hybridized carbons (Fsp3) is 0.150. The van der Waals surface area contributed by atoms with Crippen molar-refractivity contribution in [3.05, 3.63) is 66.2 Å². The summed E-state index contributed by atoms with van der Waals surface area (Å²) in [7, 11) is 0. The Balaban J connectivity index is 1.58. The maximum Gasteiger partial charge on any atom is 0.247 e. The smallest absolute Gasteiger partial charge is 0.247 e. The van der Waals surface area contributed by atoms with Crippen molar-refractivity contribution in [1.82, 2.24) is 14.8 Å². The highest BCUT2D eigenvalue weighted by atomic mass is 16.4. The van der Waals surface area contributed by atoms with E-state index < -0.39 is 0 Å². The fourth-order valence-corrected chi connectivity index (χ4v) is 2.86. The SMILES string of the molecule is Cc1ccc(NC(=O)Cn2ccc3ccc(-c4nnc(C)o4)cc32)cc1. The van der Waals surface area contributed by atoms with Crippen LogP contribution in [0.25, 0.3) is 22.4 Å². The molecule has 2 aromatic heterocycles. The Kier molecular flexibility index (Phi) is 4.01. The number of fused-ring (bicyclic) bond motifs is 1. The van der Waals surface area contributed by atoms with Crippen LogP contribution < -0.4 is 5.32 Å². The zero-order valence-corrected chi connectivity index (χ0v) is 14.6. The minimum Gasteiger partial charge on any atom is -0.421 e. The van der Waals surface area contributed by atoms with Gasteiger partial charge in [0.1, 0.15) is 6.54 Å². The van der Waals surface area contributed by atoms with E-state index in [1.165, 1.54) is 0 Å². The van der Waals surface area contributed by atoms with Gasteiger partial charge in [0.25, 0.3) is 0 Å². The maximum absolute atomic E-state index is 12.4. The summed E-state index contributed by atoms with van der Waals surface area (Å²) in [5, 5.41) is 11.9. The Bertz CT molecular complexity index is 1080. The number of rotatable bonds is 4. The lowest BCUT2D eigenvalue weighted by Gasteiger charge is -2.08. The molecule has 0 atom stereocenters. The summed E-state index contributed by atoms with van der Waals surface area (Å²) >= 11 is 0. The van der Waals surface area contributed by atoms with Gasteiger partial charge in [-0.05, 0) is 42.6 Å². The van der Waals surface area contributed by atoms with Crippen molar-refractivity contribution in [1.29, 1.82) is 0 Å². The Labute approximate surface area is 150 Å². The van der Waals surface area contributed by atoms with E-state index in [0.717, 1.165) is 27.7 Å². The van der Waals surface area contributed by atoms with E-state index in [1.54, 1.807) is 6.92 Å². The molecule has 2 heterocycles. The van der Waals surface area contributed by atoms with Crippen molar-refractivity contribution >= 4 is 22.5 Å². The fourth-order valence-electron chi connectivity index (χ4n) is 2.86. The Morgan fingerprint density at radius 3 is 2.62 bits per heavy atom. The van der Waals surface area contributed by atoms with Crippen LogP contribution in [0, 0.1) is 13.8 Å². The molecule has 0 radical (unpaired) electrons. The van der Waals surface area contributed by atoms with Crippen molar-refractivity contribution in [2.45, 2.75) is 20.4 Å². The Morgan fingerprint density at radius 2 is 1.88 bits per heavy atom. The molecule has 6 heteroatoms. The van der Waals surface area contributed by atoms with Crippen LogP contribution in [-0.4, -0.2) is 20.7 Å². The molecular weight excluding hydrogens is 328 g/mol. The van der Waals surface area contributed by atoms with Gasteiger partial charge in [-0.3, -0.25) is 4.79 Å². The van der Waals surface area contributed by atoms with Crippen LogP contribution in [0.15, 0.2) is 59.1 Å². The number of carbonyl (C=O) groups is 1. The highest BCUT2D eigenvalue weighted by Gasteiger charge is 2.11. The molecule has 0 saturated heterocycles. The molecule has 2 aromatic carbocycles. The zero-order valence-electron chi connectivity index (χ0n) is 14.6. The number of nitrogens with zero attached hydrogens (tertiary/aromatic N) is 3. The molecule has 1 amide bonds. The second-order valence-corrected chi connectivity index (χ2v) is 6.26. The normalized spacial score (nSPS) is 11.0. The topological polar surface area (TPSA) is 73.0 Å². The number of hydrogen-bond acceptors (Lipinski definition) is 4. The number of benzene rings is 2. The molecule has 0 aliphatic rings. The van der Waals surface area contributed by atoms with Crippen LogP contribution in [0.1, 0.15) is 11.5 Å². The summed E-state index contributed by atoms with van der Waals surface area (Å²) < 4.78 is 7.40. The van der Waals surface area contributed by atoms with Gasteiger partial charge in [0.05, 0.1) is 0 Å². The van der Waals surface area contributed by atoms with Crippen LogP contribution in [0.3, 0.4) is 0 Å². The largest absolute Gasteiger partial charge is 0.421 e. The van der Waals surface area contributed by atoms with Crippen molar-refractivity contribution in [3.8, 4) is 11.5 Å². The second kappa shape index (κ2) is 6.48. The molecular formula is C20H18N4O2. The molecule has 1 N–H and O–H groups in total. The molecule has 0 unspecified atom stereocenters. The van der Waals surface area contributed by atoms with Crippen molar-refractivity contribution < 1.29 is 9.21 Å². The number of hydrogen-bond donors (Lipinski definition) is 1. The standard InChI is InChI=1S/C20H18N4O2/c1-13-3-7-17(8-4-13)21-19(25)12-24-10-9-15-5-6-16(11-18(15)24)20-23-22-14(2)26-20/h3-11H,12H2,1-2H3,(H,21,25). The van der Waals surface area contributed by atoms with Gasteiger partial charge in [0.2, 0.25) is 17.7 Å². The number of carbonyl (C=O) groups excluding carboxylic acids is 1. The average Bonchev–Trinajstić information content (AvgIpc) is 3.23. The minimum absolute atomic E-state index is 0.0783. The number of nitrogens with one attached hydrogen (secondary N) is 1. The number of aryl methyl sites for hydroxylation is 2. The minimum atomic E-state index is -0.0783. The lowest BCUT2D eigenvalue weighted by molar-refractivity contribution is -0.116. The average molecular weight is 346 g/mol. The van der Waals surface area contributed by atoms with Crippen LogP contribution >= 0.6 is 0 Å². The van der Waals surface area contributed by atoms with Crippen LogP contribution in [0.4, 0.5) is 5.69 Å². The van der Waals surface area contributed by atoms with Gasteiger partial charge >= 0.3 is 0 Å². The summed E-state index contributed by atoms with van der Waals surface area (Å²) in [5.41, 5.74) is 3.72. The third-order valence-electron chi connectivity index (χ3n) is 4.20. The third kappa shape index (κ3) is 3.21. The van der Waals surface area contributed by atoms with Gasteiger partial charge in [-0.1, -0.05) is 23.8 Å². The Hall–Kier alpha value is -3.41. The molecule has 0 spiro atoms. The third-order valence-corrected chi connectivity index (χ3v) is 4.20. The molecule has 0 bridgehead atoms. The van der Waals surface area contributed by atoms with E-state index in [0.29, 0.717) is 11.8 Å². The summed E-state index contributed by atoms with van der Waals surface area (Å²) in [5.74, 6) is 0.916. The second-order valence-electron chi connectivity index (χ2n) is 6.26. The van der Waals surface area contributed by atoms with Crippen LogP contribution in [0.2, 0.25) is 0 Å². The molecule has 26 heavy (non-hydrogen) atoms. The van der Waals surface area contributed by atoms with Crippen molar-refractivity contribution in [2.75, 3.05) is 5.32 Å². The van der Waals surface area contributed by atoms with E-state index in [2.05, 4.69) is 15.5 Å². The molecule has 4 rings (SSSR count). The predicted molar refractivity (Wildman–Crippen MR) is 99.8 cm³/mol. The number of amides is 1. The lowest BCUT2D eigenvalue weighted by Crippen LogP contribution is -2.18. The van der Waals surface area contributed by atoms with Gasteiger partial charge in [-0.2, -0.15) is 0 Å². The summed E-state index contributed by atoms with van der Waals surface area (Å²) in [6.45, 7) is 4.00. The van der Waals surface area contributed by atoms with Gasteiger partial charge in [-0.15, -0.1) is 10.2 Å². The van der Waals surface area contributed by atoms with Gasteiger partial charge < -0.3 is 14.3 Å². The van der Waals surface area contributed by atoms with Gasteiger partial charge in [0, 0.05) is 29.9 Å². The van der Waals surface area contributed by atoms with Crippen LogP contribution in [-0.2, 0) is 11.3 Å². The van der Waals surface area contributed by atoms with E-state index in [1.807, 2.05) is 66.2 Å². The van der Waals surface area contributed by atoms with E-state index in [9.17, 15) is 4.79 Å². The Morgan fingerprint density at radius 1 is 1.08 bits per heavy atom. The maximum atomic E-state index is 12.4. The van der Waals surface area contributed by atoms with E-state index >= 15 is 0 Å². The quantitative estimate of drug-likeness (QED) is 0.607. The first kappa shape index (κ1) is 16.1. The molecule has 0 aliphatic carbocycles. The highest BCUT2D eigenvalue weighted by molar-refractivity contribution is 5.92. The first-order valence-electron chi connectivity index (χ1n) is 8.34. The van der Waals surface area contributed by atoms with Crippen molar-refractivity contribution in [3.63, 3.8) is 0 Å². The van der Waals surface area contributed by atoms with E-state index in [4.69, 9.17) is 4.42 Å².